The van der Waals surface area contributed by atoms with Crippen molar-refractivity contribution in [3.63, 3.8) is 0 Å². The predicted octanol–water partition coefficient (Wildman–Crippen LogP) is -2.67. The molecule has 0 aromatic carbocycles. The van der Waals surface area contributed by atoms with Crippen molar-refractivity contribution >= 4 is 23.6 Å². The highest BCUT2D eigenvalue weighted by atomic mass is 35.5. The first-order chi connectivity index (χ1) is 7.81. The van der Waals surface area contributed by atoms with Crippen molar-refractivity contribution < 1.29 is 39.4 Å². The molecule has 0 saturated heterocycles. The molecule has 0 bridgehead atoms. The van der Waals surface area contributed by atoms with Gasteiger partial charge in [-0.15, -0.1) is 0 Å². The molecular formula is C8H15ClO8. The van der Waals surface area contributed by atoms with Crippen LogP contribution in [0.15, 0.2) is 0 Å². The molecule has 0 unspecified atom stereocenters. The molecule has 0 fully saturated rings. The van der Waals surface area contributed by atoms with Crippen molar-refractivity contribution in [3.05, 3.63) is 0 Å². The third-order valence-corrected chi connectivity index (χ3v) is 1.72. The number of aliphatic hydroxyl groups is 5. The van der Waals surface area contributed by atoms with E-state index in [-0.39, 0.29) is 0 Å². The predicted molar refractivity (Wildman–Crippen MR) is 54.8 cm³/mol. The Labute approximate surface area is 102 Å². The minimum atomic E-state index is -1.86. The number of halogens is 1. The van der Waals surface area contributed by atoms with E-state index in [1.807, 2.05) is 0 Å². The van der Waals surface area contributed by atoms with Gasteiger partial charge in [-0.3, -0.25) is 9.59 Å². The molecule has 0 aliphatic rings. The van der Waals surface area contributed by atoms with E-state index in [1.165, 1.54) is 6.92 Å². The molecule has 0 aromatic rings. The van der Waals surface area contributed by atoms with Crippen LogP contribution < -0.4 is 0 Å². The second-order valence-electron chi connectivity index (χ2n) is 2.88. The summed E-state index contributed by atoms with van der Waals surface area (Å²) in [5.74, 6) is -1.48. The first-order valence-corrected chi connectivity index (χ1v) is 4.70. The molecule has 102 valence electrons. The third kappa shape index (κ3) is 8.98. The van der Waals surface area contributed by atoms with Crippen LogP contribution >= 0.6 is 11.9 Å². The highest BCUT2D eigenvalue weighted by molar-refractivity contribution is 6.12. The van der Waals surface area contributed by atoms with E-state index in [9.17, 15) is 9.59 Å². The summed E-state index contributed by atoms with van der Waals surface area (Å²) < 4.78 is 3.58. The summed E-state index contributed by atoms with van der Waals surface area (Å²) in [7, 11) is 0. The number of hydrogen-bond acceptors (Lipinski definition) is 8. The molecule has 0 rings (SSSR count). The molecule has 17 heavy (non-hydrogen) atoms. The molecule has 0 radical (unpaired) electrons. The quantitative estimate of drug-likeness (QED) is 0.365. The van der Waals surface area contributed by atoms with Gasteiger partial charge in [0.2, 0.25) is 0 Å². The van der Waals surface area contributed by atoms with Gasteiger partial charge in [0.1, 0.15) is 36.8 Å². The van der Waals surface area contributed by atoms with Crippen molar-refractivity contribution in [1.82, 2.24) is 0 Å². The fraction of sp³-hybridized carbons (Fsp3) is 0.750. The van der Waals surface area contributed by atoms with Gasteiger partial charge in [0, 0.05) is 6.92 Å². The van der Waals surface area contributed by atoms with Crippen LogP contribution in [0.3, 0.4) is 0 Å². The van der Waals surface area contributed by atoms with E-state index in [0.29, 0.717) is 0 Å². The Morgan fingerprint density at radius 2 is 1.65 bits per heavy atom. The SMILES string of the molecule is CC(=O)OCl.O=C(CO)[C@H](O)[C@@H](O)[C@H](O)CO. The average Bonchev–Trinajstić information content (AvgIpc) is 2.35. The van der Waals surface area contributed by atoms with Crippen molar-refractivity contribution in [2.24, 2.45) is 0 Å². The van der Waals surface area contributed by atoms with Crippen LogP contribution in [0, 0.1) is 0 Å². The van der Waals surface area contributed by atoms with E-state index >= 15 is 0 Å². The molecule has 0 aliphatic heterocycles. The van der Waals surface area contributed by atoms with Crippen molar-refractivity contribution in [3.8, 4) is 0 Å². The summed E-state index contributed by atoms with van der Waals surface area (Å²) in [6, 6.07) is 0. The standard InChI is InChI=1S/C6H12O6.C2H3ClO2/c7-1-3(9)5(11)6(12)4(10)2-8;1-2(4)5-3/h3,5-9,11-12H,1-2H2;1H3/t3-,5+,6+;/m1./s1. The lowest BCUT2D eigenvalue weighted by molar-refractivity contribution is -0.142. The topological polar surface area (TPSA) is 145 Å². The normalized spacial score (nSPS) is 15.0. The maximum Gasteiger partial charge on any atom is 0.321 e. The van der Waals surface area contributed by atoms with Crippen molar-refractivity contribution in [1.29, 1.82) is 0 Å². The first kappa shape index (κ1) is 18.6. The Morgan fingerprint density at radius 3 is 1.88 bits per heavy atom. The van der Waals surface area contributed by atoms with Gasteiger partial charge in [-0.2, -0.15) is 0 Å². The molecule has 9 heteroatoms. The van der Waals surface area contributed by atoms with Crippen molar-refractivity contribution in [2.75, 3.05) is 13.2 Å². The zero-order valence-electron chi connectivity index (χ0n) is 8.99. The first-order valence-electron chi connectivity index (χ1n) is 4.39. The maximum absolute atomic E-state index is 10.5. The molecule has 8 nitrogen and oxygen atoms in total. The van der Waals surface area contributed by atoms with E-state index in [1.54, 1.807) is 0 Å². The van der Waals surface area contributed by atoms with E-state index in [4.69, 9.17) is 25.5 Å². The summed E-state index contributed by atoms with van der Waals surface area (Å²) in [5.41, 5.74) is 0. The van der Waals surface area contributed by atoms with Crippen LogP contribution in [0.5, 0.6) is 0 Å². The minimum absolute atomic E-state index is 0.480. The summed E-state index contributed by atoms with van der Waals surface area (Å²) in [4.78, 5) is 20.0. The highest BCUT2D eigenvalue weighted by Gasteiger charge is 2.28. The third-order valence-electron chi connectivity index (χ3n) is 1.50. The van der Waals surface area contributed by atoms with Gasteiger partial charge < -0.3 is 29.8 Å². The fourth-order valence-corrected chi connectivity index (χ4v) is 0.602. The van der Waals surface area contributed by atoms with Crippen molar-refractivity contribution in [2.45, 2.75) is 25.2 Å². The Bertz CT molecular complexity index is 234. The lowest BCUT2D eigenvalue weighted by Gasteiger charge is -2.19. The van der Waals surface area contributed by atoms with Crippen LogP contribution in [-0.2, 0) is 13.9 Å². The fourth-order valence-electron chi connectivity index (χ4n) is 0.602. The summed E-state index contributed by atoms with van der Waals surface area (Å²) in [6.45, 7) is -0.458. The second kappa shape index (κ2) is 10.4. The number of rotatable bonds is 5. The monoisotopic (exact) mass is 274 g/mol. The Kier molecular flexibility index (Phi) is 11.4. The average molecular weight is 275 g/mol. The van der Waals surface area contributed by atoms with Gasteiger partial charge in [0.05, 0.1) is 6.61 Å². The van der Waals surface area contributed by atoms with Gasteiger partial charge >= 0.3 is 5.97 Å². The lowest BCUT2D eigenvalue weighted by Crippen LogP contribution is -2.44. The van der Waals surface area contributed by atoms with Crippen LogP contribution in [0.1, 0.15) is 6.92 Å². The zero-order chi connectivity index (χ0) is 14.0. The summed E-state index contributed by atoms with van der Waals surface area (Å²) in [6.07, 6.45) is -5.22. The van der Waals surface area contributed by atoms with Crippen LogP contribution in [-0.4, -0.2) is 68.8 Å². The minimum Gasteiger partial charge on any atom is -0.394 e. The Morgan fingerprint density at radius 1 is 1.24 bits per heavy atom. The van der Waals surface area contributed by atoms with Gasteiger partial charge in [-0.1, -0.05) is 0 Å². The maximum atomic E-state index is 10.5. The van der Waals surface area contributed by atoms with Gasteiger partial charge in [-0.25, -0.2) is 0 Å². The molecule has 0 amide bonds. The number of aliphatic hydroxyl groups excluding tert-OH is 5. The van der Waals surface area contributed by atoms with E-state index < -0.39 is 43.3 Å². The van der Waals surface area contributed by atoms with Gasteiger partial charge in [0.15, 0.2) is 5.78 Å². The summed E-state index contributed by atoms with van der Waals surface area (Å²) >= 11 is 4.49. The number of carbonyl (C=O) groups is 2. The van der Waals surface area contributed by atoms with E-state index in [2.05, 4.69) is 16.2 Å². The molecule has 0 aliphatic carbocycles. The van der Waals surface area contributed by atoms with Crippen LogP contribution in [0.4, 0.5) is 0 Å². The number of ketones is 1. The molecule has 0 saturated carbocycles. The second-order valence-corrected chi connectivity index (χ2v) is 3.03. The molecule has 0 aromatic heterocycles. The Balaban J connectivity index is 0. The summed E-state index contributed by atoms with van der Waals surface area (Å²) in [5, 5.41) is 43.1. The van der Waals surface area contributed by atoms with Crippen LogP contribution in [0.25, 0.3) is 0 Å². The molecule has 3 atom stereocenters. The Hall–Kier alpha value is -0.770. The molecule has 0 heterocycles. The molecular weight excluding hydrogens is 260 g/mol. The van der Waals surface area contributed by atoms with Crippen LogP contribution in [0.2, 0.25) is 0 Å². The van der Waals surface area contributed by atoms with E-state index in [0.717, 1.165) is 0 Å². The zero-order valence-corrected chi connectivity index (χ0v) is 9.74. The highest BCUT2D eigenvalue weighted by Crippen LogP contribution is 2.00. The molecule has 5 N–H and O–H groups in total. The molecule has 0 spiro atoms. The van der Waals surface area contributed by atoms with Gasteiger partial charge in [0.25, 0.3) is 0 Å². The number of hydrogen-bond donors (Lipinski definition) is 5. The number of Topliss-reactive ketones (excluding diaryl/α,β-unsaturated/α-hetero) is 1. The van der Waals surface area contributed by atoms with Gasteiger partial charge in [-0.05, 0) is 0 Å². The number of carbonyl (C=O) groups excluding carboxylic acids is 2. The largest absolute Gasteiger partial charge is 0.394 e. The lowest BCUT2D eigenvalue weighted by atomic mass is 10.1. The smallest absolute Gasteiger partial charge is 0.321 e.